The highest BCUT2D eigenvalue weighted by Crippen LogP contribution is 2.32. The van der Waals surface area contributed by atoms with Crippen molar-refractivity contribution in [1.82, 2.24) is 4.98 Å². The lowest BCUT2D eigenvalue weighted by molar-refractivity contribution is 0.0636. The van der Waals surface area contributed by atoms with Gasteiger partial charge in [-0.2, -0.15) is 5.26 Å². The number of thioether (sulfide) groups is 1. The monoisotopic (exact) mass is 404 g/mol. The minimum atomic E-state index is -0.583. The van der Waals surface area contributed by atoms with Crippen molar-refractivity contribution in [3.05, 3.63) is 35.5 Å². The zero-order chi connectivity index (χ0) is 20.0. The average molecular weight is 405 g/mol. The molecule has 0 radical (unpaired) electrons. The van der Waals surface area contributed by atoms with Gasteiger partial charge in [0.05, 0.1) is 21.7 Å². The minimum absolute atomic E-state index is 0.301. The lowest BCUT2D eigenvalue weighted by atomic mass is 10.2. The normalized spacial score (nSPS) is 10.8. The topological polar surface area (TPSA) is 104 Å². The summed E-state index contributed by atoms with van der Waals surface area (Å²) in [6.45, 7) is 7.18. The van der Waals surface area contributed by atoms with E-state index in [4.69, 9.17) is 10.00 Å². The first-order chi connectivity index (χ1) is 12.7. The first-order valence-corrected chi connectivity index (χ1v) is 9.87. The Bertz CT molecular complexity index is 864. The molecular weight excluding hydrogens is 384 g/mol. The van der Waals surface area contributed by atoms with Crippen molar-refractivity contribution in [1.29, 1.82) is 5.26 Å². The lowest BCUT2D eigenvalue weighted by Crippen LogP contribution is -2.27. The number of anilines is 2. The van der Waals surface area contributed by atoms with Crippen LogP contribution in [0.15, 0.2) is 28.5 Å². The van der Waals surface area contributed by atoms with Crippen LogP contribution in [-0.4, -0.2) is 28.3 Å². The van der Waals surface area contributed by atoms with E-state index < -0.39 is 11.7 Å². The third-order valence-electron chi connectivity index (χ3n) is 3.03. The maximum Gasteiger partial charge on any atom is 0.412 e. The molecule has 0 unspecified atom stereocenters. The number of amides is 2. The summed E-state index contributed by atoms with van der Waals surface area (Å²) >= 11 is 2.73. The van der Waals surface area contributed by atoms with Crippen molar-refractivity contribution in [2.24, 2.45) is 0 Å². The Morgan fingerprint density at radius 1 is 1.26 bits per heavy atom. The van der Waals surface area contributed by atoms with Crippen molar-refractivity contribution in [2.75, 3.05) is 16.4 Å². The van der Waals surface area contributed by atoms with Crippen LogP contribution in [0.25, 0.3) is 0 Å². The molecule has 2 aromatic rings. The molecule has 0 fully saturated rings. The number of carbonyl (C=O) groups is 2. The molecule has 2 amide bonds. The van der Waals surface area contributed by atoms with E-state index >= 15 is 0 Å². The van der Waals surface area contributed by atoms with Gasteiger partial charge in [-0.3, -0.25) is 15.4 Å². The van der Waals surface area contributed by atoms with Crippen LogP contribution in [-0.2, 0) is 4.74 Å². The van der Waals surface area contributed by atoms with Crippen LogP contribution < -0.4 is 10.6 Å². The highest BCUT2D eigenvalue weighted by atomic mass is 32.2. The van der Waals surface area contributed by atoms with Gasteiger partial charge in [0.25, 0.3) is 5.91 Å². The van der Waals surface area contributed by atoms with E-state index in [1.807, 2.05) is 6.92 Å². The second kappa shape index (κ2) is 8.88. The number of hydrogen-bond acceptors (Lipinski definition) is 7. The van der Waals surface area contributed by atoms with Crippen LogP contribution >= 0.6 is 23.1 Å². The molecule has 1 aromatic carbocycles. The minimum Gasteiger partial charge on any atom is -0.444 e. The van der Waals surface area contributed by atoms with E-state index in [0.29, 0.717) is 22.1 Å². The van der Waals surface area contributed by atoms with Gasteiger partial charge in [-0.05, 0) is 52.0 Å². The van der Waals surface area contributed by atoms with Gasteiger partial charge in [-0.25, -0.2) is 9.78 Å². The summed E-state index contributed by atoms with van der Waals surface area (Å²) in [6, 6.07) is 8.53. The Labute approximate surface area is 166 Å². The molecule has 142 valence electrons. The standard InChI is InChI=1S/C18H20N4O3S2/c1-11-15(26-10-9-19)27-16(20-11)22-14(23)12-5-7-13(8-6-12)21-17(24)25-18(2,3)4/h5-8H,10H2,1-4H3,(H,21,24)(H,20,22,23). The van der Waals surface area contributed by atoms with E-state index in [9.17, 15) is 9.59 Å². The summed E-state index contributed by atoms with van der Waals surface area (Å²) in [4.78, 5) is 28.4. The van der Waals surface area contributed by atoms with E-state index in [1.165, 1.54) is 23.1 Å². The van der Waals surface area contributed by atoms with Crippen LogP contribution in [0.3, 0.4) is 0 Å². The molecule has 0 saturated carbocycles. The number of carbonyl (C=O) groups excluding carboxylic acids is 2. The third-order valence-corrected chi connectivity index (χ3v) is 5.34. The zero-order valence-corrected chi connectivity index (χ0v) is 17.1. The molecule has 27 heavy (non-hydrogen) atoms. The predicted molar refractivity (Wildman–Crippen MR) is 107 cm³/mol. The van der Waals surface area contributed by atoms with Gasteiger partial charge in [-0.1, -0.05) is 23.1 Å². The number of ether oxygens (including phenoxy) is 1. The Morgan fingerprint density at radius 2 is 1.93 bits per heavy atom. The fourth-order valence-corrected chi connectivity index (χ4v) is 3.76. The number of nitriles is 1. The first-order valence-electron chi connectivity index (χ1n) is 8.06. The predicted octanol–water partition coefficient (Wildman–Crippen LogP) is 4.67. The van der Waals surface area contributed by atoms with E-state index in [1.54, 1.807) is 45.0 Å². The molecule has 9 heteroatoms. The van der Waals surface area contributed by atoms with Crippen molar-refractivity contribution in [3.63, 3.8) is 0 Å². The second-order valence-electron chi connectivity index (χ2n) is 6.50. The molecule has 0 atom stereocenters. The van der Waals surface area contributed by atoms with Crippen LogP contribution in [0.1, 0.15) is 36.8 Å². The number of aromatic nitrogens is 1. The maximum atomic E-state index is 12.4. The van der Waals surface area contributed by atoms with Gasteiger partial charge in [0.1, 0.15) is 5.60 Å². The number of benzene rings is 1. The molecule has 7 nitrogen and oxygen atoms in total. The summed E-state index contributed by atoms with van der Waals surface area (Å²) in [5.41, 5.74) is 1.16. The molecular formula is C18H20N4O3S2. The van der Waals surface area contributed by atoms with Crippen LogP contribution in [0, 0.1) is 18.3 Å². The SMILES string of the molecule is Cc1nc(NC(=O)c2ccc(NC(=O)OC(C)(C)C)cc2)sc1SCC#N. The maximum absolute atomic E-state index is 12.4. The van der Waals surface area contributed by atoms with E-state index in [-0.39, 0.29) is 5.91 Å². The summed E-state index contributed by atoms with van der Waals surface area (Å²) in [7, 11) is 0. The molecule has 0 aliphatic carbocycles. The van der Waals surface area contributed by atoms with Gasteiger partial charge in [0.2, 0.25) is 0 Å². The Hall–Kier alpha value is -2.57. The number of thiazole rings is 1. The highest BCUT2D eigenvalue weighted by Gasteiger charge is 2.16. The summed E-state index contributed by atoms with van der Waals surface area (Å²) < 4.78 is 6.09. The molecule has 2 N–H and O–H groups in total. The van der Waals surface area contributed by atoms with Crippen molar-refractivity contribution in [3.8, 4) is 6.07 Å². The molecule has 1 heterocycles. The number of nitrogens with one attached hydrogen (secondary N) is 2. The van der Waals surface area contributed by atoms with Crippen LogP contribution in [0.2, 0.25) is 0 Å². The number of hydrogen-bond donors (Lipinski definition) is 2. The van der Waals surface area contributed by atoms with Gasteiger partial charge >= 0.3 is 6.09 Å². The summed E-state index contributed by atoms with van der Waals surface area (Å²) in [5, 5.41) is 14.5. The van der Waals surface area contributed by atoms with Crippen molar-refractivity contribution < 1.29 is 14.3 Å². The Morgan fingerprint density at radius 3 is 2.52 bits per heavy atom. The van der Waals surface area contributed by atoms with E-state index in [0.717, 1.165) is 9.90 Å². The molecule has 0 saturated heterocycles. The van der Waals surface area contributed by atoms with Crippen molar-refractivity contribution in [2.45, 2.75) is 37.5 Å². The Kier molecular flexibility index (Phi) is 6.82. The highest BCUT2D eigenvalue weighted by molar-refractivity contribution is 8.01. The summed E-state index contributed by atoms with van der Waals surface area (Å²) in [6.07, 6.45) is -0.555. The van der Waals surface area contributed by atoms with Gasteiger partial charge in [-0.15, -0.1) is 0 Å². The molecule has 1 aromatic heterocycles. The fourth-order valence-electron chi connectivity index (χ4n) is 1.96. The molecule has 0 aliphatic heterocycles. The molecule has 2 rings (SSSR count). The quantitative estimate of drug-likeness (QED) is 0.702. The van der Waals surface area contributed by atoms with Crippen LogP contribution in [0.4, 0.5) is 15.6 Å². The zero-order valence-electron chi connectivity index (χ0n) is 15.5. The van der Waals surface area contributed by atoms with Gasteiger partial charge in [0.15, 0.2) is 5.13 Å². The largest absolute Gasteiger partial charge is 0.444 e. The number of nitrogens with zero attached hydrogens (tertiary/aromatic N) is 2. The van der Waals surface area contributed by atoms with Crippen LogP contribution in [0.5, 0.6) is 0 Å². The number of rotatable bonds is 5. The third kappa shape index (κ3) is 6.58. The molecule has 0 aliphatic rings. The van der Waals surface area contributed by atoms with Gasteiger partial charge in [0, 0.05) is 11.3 Å². The van der Waals surface area contributed by atoms with Gasteiger partial charge < -0.3 is 4.74 Å². The Balaban J connectivity index is 1.97. The fraction of sp³-hybridized carbons (Fsp3) is 0.333. The number of aryl methyl sites for hydroxylation is 1. The molecule has 0 bridgehead atoms. The average Bonchev–Trinajstić information content (AvgIpc) is 2.91. The lowest BCUT2D eigenvalue weighted by Gasteiger charge is -2.19. The smallest absolute Gasteiger partial charge is 0.412 e. The molecule has 0 spiro atoms. The first kappa shape index (κ1) is 20.7. The van der Waals surface area contributed by atoms with Crippen molar-refractivity contribution >= 4 is 45.9 Å². The summed E-state index contributed by atoms with van der Waals surface area (Å²) in [5.74, 6) is 0.0344. The van der Waals surface area contributed by atoms with E-state index in [2.05, 4.69) is 21.7 Å². The second-order valence-corrected chi connectivity index (χ2v) is 8.74.